The quantitative estimate of drug-likeness (QED) is 0.422. The van der Waals surface area contributed by atoms with Crippen LogP contribution in [-0.2, 0) is 12.8 Å². The van der Waals surface area contributed by atoms with Crippen LogP contribution in [0.2, 0.25) is 0 Å². The molecule has 3 heterocycles. The van der Waals surface area contributed by atoms with E-state index in [1.807, 2.05) is 34.8 Å². The first-order valence-corrected chi connectivity index (χ1v) is 11.5. The van der Waals surface area contributed by atoms with Gasteiger partial charge in [-0.2, -0.15) is 5.10 Å². The molecule has 0 amide bonds. The molecule has 5 rings (SSSR count). The third-order valence-electron chi connectivity index (χ3n) is 5.89. The second kappa shape index (κ2) is 9.24. The molecule has 0 saturated heterocycles. The summed E-state index contributed by atoms with van der Waals surface area (Å²) in [6.07, 6.45) is 1.79. The molecule has 6 nitrogen and oxygen atoms in total. The number of ether oxygens (including phenoxy) is 2. The van der Waals surface area contributed by atoms with Gasteiger partial charge < -0.3 is 14.4 Å². The number of nitrogens with zero attached hydrogens (tertiary/aromatic N) is 4. The van der Waals surface area contributed by atoms with Crippen LogP contribution >= 0.6 is 0 Å². The van der Waals surface area contributed by atoms with Gasteiger partial charge in [0.2, 0.25) is 0 Å². The molecule has 0 N–H and O–H groups in total. The fourth-order valence-electron chi connectivity index (χ4n) is 4.51. The first-order valence-electron chi connectivity index (χ1n) is 11.5. The Hall–Kier alpha value is -3.38. The van der Waals surface area contributed by atoms with Crippen molar-refractivity contribution in [1.82, 2.24) is 19.5 Å². The molecule has 1 atom stereocenters. The number of hydrogen-bond acceptors (Lipinski definition) is 5. The minimum atomic E-state index is 0.571. The standard InChI is InChI=1S/C27H30N4O2/c1-19(18-30(2)3)15-20-7-9-21(10-8-20)16-26-28-27-6-4-5-23(31(27)29-26)22-11-12-24-25(17-22)33-14-13-32-24/h4-12,17,19H,13-16,18H2,1-3H3/t19-/m0/s1. The van der Waals surface area contributed by atoms with Gasteiger partial charge in [-0.15, -0.1) is 0 Å². The molecule has 2 aromatic heterocycles. The normalized spacial score (nSPS) is 14.1. The summed E-state index contributed by atoms with van der Waals surface area (Å²) in [7, 11) is 4.25. The Kier molecular flexibility index (Phi) is 6.01. The van der Waals surface area contributed by atoms with E-state index in [9.17, 15) is 0 Å². The zero-order valence-electron chi connectivity index (χ0n) is 19.5. The molecule has 170 valence electrons. The highest BCUT2D eigenvalue weighted by Crippen LogP contribution is 2.34. The number of aromatic nitrogens is 3. The topological polar surface area (TPSA) is 51.9 Å². The highest BCUT2D eigenvalue weighted by atomic mass is 16.6. The van der Waals surface area contributed by atoms with Crippen LogP contribution in [0.1, 0.15) is 23.9 Å². The van der Waals surface area contributed by atoms with Crippen LogP contribution in [0.4, 0.5) is 0 Å². The first kappa shape index (κ1) is 21.5. The van der Waals surface area contributed by atoms with Gasteiger partial charge in [0.15, 0.2) is 23.0 Å². The molecule has 0 unspecified atom stereocenters. The lowest BCUT2D eigenvalue weighted by atomic mass is 9.99. The van der Waals surface area contributed by atoms with Crippen LogP contribution in [0, 0.1) is 5.92 Å². The van der Waals surface area contributed by atoms with E-state index in [-0.39, 0.29) is 0 Å². The number of benzene rings is 2. The Morgan fingerprint density at radius 2 is 1.70 bits per heavy atom. The fraction of sp³-hybridized carbons (Fsp3) is 0.333. The molecule has 33 heavy (non-hydrogen) atoms. The average molecular weight is 443 g/mol. The number of hydrogen-bond donors (Lipinski definition) is 0. The van der Waals surface area contributed by atoms with E-state index < -0.39 is 0 Å². The summed E-state index contributed by atoms with van der Waals surface area (Å²) >= 11 is 0. The van der Waals surface area contributed by atoms with Gasteiger partial charge in [-0.25, -0.2) is 9.50 Å². The van der Waals surface area contributed by atoms with E-state index in [0.29, 0.717) is 25.6 Å². The molecule has 1 aliphatic heterocycles. The number of pyridine rings is 1. The van der Waals surface area contributed by atoms with Crippen LogP contribution in [0.5, 0.6) is 11.5 Å². The largest absolute Gasteiger partial charge is 0.486 e. The van der Waals surface area contributed by atoms with Gasteiger partial charge in [-0.3, -0.25) is 0 Å². The van der Waals surface area contributed by atoms with Gasteiger partial charge in [0.1, 0.15) is 13.2 Å². The molecule has 0 fully saturated rings. The second-order valence-corrected chi connectivity index (χ2v) is 9.13. The van der Waals surface area contributed by atoms with Crippen molar-refractivity contribution in [3.63, 3.8) is 0 Å². The average Bonchev–Trinajstić information content (AvgIpc) is 3.22. The van der Waals surface area contributed by atoms with Gasteiger partial charge in [0, 0.05) is 18.5 Å². The third-order valence-corrected chi connectivity index (χ3v) is 5.89. The van der Waals surface area contributed by atoms with Crippen LogP contribution < -0.4 is 9.47 Å². The van der Waals surface area contributed by atoms with E-state index in [1.54, 1.807) is 0 Å². The van der Waals surface area contributed by atoms with E-state index in [0.717, 1.165) is 47.2 Å². The summed E-state index contributed by atoms with van der Waals surface area (Å²) < 4.78 is 13.3. The molecule has 0 aliphatic carbocycles. The van der Waals surface area contributed by atoms with Crippen molar-refractivity contribution in [1.29, 1.82) is 0 Å². The molecule has 4 aromatic rings. The Labute approximate surface area is 194 Å². The van der Waals surface area contributed by atoms with E-state index in [4.69, 9.17) is 19.6 Å². The highest BCUT2D eigenvalue weighted by molar-refractivity contribution is 5.66. The van der Waals surface area contributed by atoms with E-state index in [1.165, 1.54) is 11.1 Å². The Balaban J connectivity index is 1.35. The van der Waals surface area contributed by atoms with Gasteiger partial charge in [0.25, 0.3) is 0 Å². The molecular weight excluding hydrogens is 412 g/mol. The van der Waals surface area contributed by atoms with Crippen molar-refractivity contribution in [2.45, 2.75) is 19.8 Å². The molecule has 0 saturated carbocycles. The summed E-state index contributed by atoms with van der Waals surface area (Å²) in [5.74, 6) is 3.01. The fourth-order valence-corrected chi connectivity index (χ4v) is 4.51. The van der Waals surface area contributed by atoms with Gasteiger partial charge in [-0.1, -0.05) is 37.3 Å². The summed E-state index contributed by atoms with van der Waals surface area (Å²) in [5.41, 5.74) is 5.44. The molecular formula is C27H30N4O2. The van der Waals surface area contributed by atoms with Gasteiger partial charge >= 0.3 is 0 Å². The summed E-state index contributed by atoms with van der Waals surface area (Å²) in [5, 5.41) is 4.83. The maximum absolute atomic E-state index is 5.76. The maximum Gasteiger partial charge on any atom is 0.162 e. The minimum Gasteiger partial charge on any atom is -0.486 e. The van der Waals surface area contributed by atoms with Crippen LogP contribution in [0.3, 0.4) is 0 Å². The molecule has 6 heteroatoms. The summed E-state index contributed by atoms with van der Waals surface area (Å²) in [4.78, 5) is 7.02. The third kappa shape index (κ3) is 4.86. The van der Waals surface area contributed by atoms with E-state index in [2.05, 4.69) is 56.3 Å². The maximum atomic E-state index is 5.76. The number of fused-ring (bicyclic) bond motifs is 2. The zero-order chi connectivity index (χ0) is 22.8. The van der Waals surface area contributed by atoms with Gasteiger partial charge in [0.05, 0.1) is 5.69 Å². The lowest BCUT2D eigenvalue weighted by Gasteiger charge is -2.19. The lowest BCUT2D eigenvalue weighted by molar-refractivity contribution is 0.171. The van der Waals surface area contributed by atoms with Gasteiger partial charge in [-0.05, 0) is 67.9 Å². The molecule has 1 aliphatic rings. The number of rotatable bonds is 7. The molecule has 0 bridgehead atoms. The Morgan fingerprint density at radius 1 is 0.939 bits per heavy atom. The van der Waals surface area contributed by atoms with E-state index >= 15 is 0 Å². The Bertz CT molecular complexity index is 1250. The first-order chi connectivity index (χ1) is 16.0. The molecule has 0 radical (unpaired) electrons. The molecule has 2 aromatic carbocycles. The molecule has 0 spiro atoms. The van der Waals surface area contributed by atoms with Crippen LogP contribution in [-0.4, -0.2) is 53.4 Å². The van der Waals surface area contributed by atoms with Crippen molar-refractivity contribution in [2.75, 3.05) is 33.9 Å². The Morgan fingerprint density at radius 3 is 2.48 bits per heavy atom. The van der Waals surface area contributed by atoms with Crippen LogP contribution in [0.25, 0.3) is 16.9 Å². The second-order valence-electron chi connectivity index (χ2n) is 9.13. The smallest absolute Gasteiger partial charge is 0.162 e. The minimum absolute atomic E-state index is 0.571. The monoisotopic (exact) mass is 442 g/mol. The highest BCUT2D eigenvalue weighted by Gasteiger charge is 2.15. The predicted molar refractivity (Wildman–Crippen MR) is 130 cm³/mol. The summed E-state index contributed by atoms with van der Waals surface area (Å²) in [6.45, 7) is 4.55. The van der Waals surface area contributed by atoms with Crippen molar-refractivity contribution in [2.24, 2.45) is 5.92 Å². The van der Waals surface area contributed by atoms with Crippen molar-refractivity contribution >= 4 is 5.65 Å². The van der Waals surface area contributed by atoms with Crippen molar-refractivity contribution in [3.05, 3.63) is 77.6 Å². The summed E-state index contributed by atoms with van der Waals surface area (Å²) in [6, 6.07) is 20.9. The zero-order valence-corrected chi connectivity index (χ0v) is 19.5. The predicted octanol–water partition coefficient (Wildman–Crippen LogP) is 4.50. The van der Waals surface area contributed by atoms with Crippen molar-refractivity contribution in [3.8, 4) is 22.8 Å². The SMILES string of the molecule is C[C@@H](Cc1ccc(Cc2nc3cccc(-c4ccc5c(c4)OCCO5)n3n2)cc1)CN(C)C. The van der Waals surface area contributed by atoms with Crippen molar-refractivity contribution < 1.29 is 9.47 Å². The lowest BCUT2D eigenvalue weighted by Crippen LogP contribution is -2.21. The van der Waals surface area contributed by atoms with Crippen LogP contribution in [0.15, 0.2) is 60.7 Å².